The maximum absolute atomic E-state index is 12.1. The molecule has 0 fully saturated rings. The van der Waals surface area contributed by atoms with E-state index in [4.69, 9.17) is 5.73 Å². The van der Waals surface area contributed by atoms with Gasteiger partial charge in [0, 0.05) is 27.7 Å². The van der Waals surface area contributed by atoms with E-state index in [1.807, 2.05) is 19.0 Å². The van der Waals surface area contributed by atoms with Gasteiger partial charge in [0.15, 0.2) is 5.13 Å². The first-order valence-electron chi connectivity index (χ1n) is 5.52. The van der Waals surface area contributed by atoms with Crippen molar-refractivity contribution in [2.24, 2.45) is 5.92 Å². The third-order valence-corrected chi connectivity index (χ3v) is 3.43. The Labute approximate surface area is 106 Å². The predicted octanol–water partition coefficient (Wildman–Crippen LogP) is 1.52. The lowest BCUT2D eigenvalue weighted by molar-refractivity contribution is 0.0784. The number of carbonyl (C=O) groups is 1. The van der Waals surface area contributed by atoms with Crippen molar-refractivity contribution in [1.29, 1.82) is 0 Å². The zero-order valence-electron chi connectivity index (χ0n) is 11.0. The molecule has 0 saturated carbocycles. The number of nitrogens with two attached hydrogens (primary N) is 1. The summed E-state index contributed by atoms with van der Waals surface area (Å²) in [5, 5.41) is 0.754. The van der Waals surface area contributed by atoms with Crippen LogP contribution in [-0.2, 0) is 0 Å². The third-order valence-electron chi connectivity index (χ3n) is 2.20. The summed E-state index contributed by atoms with van der Waals surface area (Å²) >= 11 is 1.33. The van der Waals surface area contributed by atoms with E-state index in [9.17, 15) is 4.79 Å². The summed E-state index contributed by atoms with van der Waals surface area (Å²) in [7, 11) is 5.55. The second kappa shape index (κ2) is 5.35. The Kier molecular flexibility index (Phi) is 4.34. The number of carbonyl (C=O) groups excluding carboxylic acids is 1. The Morgan fingerprint density at radius 3 is 2.41 bits per heavy atom. The molecule has 17 heavy (non-hydrogen) atoms. The molecule has 0 radical (unpaired) electrons. The van der Waals surface area contributed by atoms with Crippen molar-refractivity contribution in [2.75, 3.05) is 38.3 Å². The molecule has 0 aliphatic rings. The van der Waals surface area contributed by atoms with Crippen LogP contribution in [0.3, 0.4) is 0 Å². The maximum atomic E-state index is 12.1. The summed E-state index contributed by atoms with van der Waals surface area (Å²) in [4.78, 5) is 20.4. The highest BCUT2D eigenvalue weighted by Crippen LogP contribution is 2.27. The van der Waals surface area contributed by atoms with Crippen molar-refractivity contribution in [3.05, 3.63) is 4.88 Å². The first-order valence-corrected chi connectivity index (χ1v) is 6.33. The number of anilines is 2. The Morgan fingerprint density at radius 1 is 1.41 bits per heavy atom. The van der Waals surface area contributed by atoms with Gasteiger partial charge in [-0.3, -0.25) is 4.79 Å². The van der Waals surface area contributed by atoms with Crippen molar-refractivity contribution in [3.8, 4) is 0 Å². The van der Waals surface area contributed by atoms with Crippen LogP contribution in [0.1, 0.15) is 23.5 Å². The second-order valence-electron chi connectivity index (χ2n) is 4.68. The normalized spacial score (nSPS) is 10.7. The molecule has 5 nitrogen and oxygen atoms in total. The van der Waals surface area contributed by atoms with Crippen LogP contribution in [0, 0.1) is 5.92 Å². The number of hydrogen-bond acceptors (Lipinski definition) is 5. The number of nitrogens with zero attached hydrogens (tertiary/aromatic N) is 3. The lowest BCUT2D eigenvalue weighted by Crippen LogP contribution is -2.30. The zero-order chi connectivity index (χ0) is 13.2. The van der Waals surface area contributed by atoms with Crippen LogP contribution in [0.2, 0.25) is 0 Å². The van der Waals surface area contributed by atoms with E-state index in [2.05, 4.69) is 18.8 Å². The highest BCUT2D eigenvalue weighted by molar-refractivity contribution is 7.18. The van der Waals surface area contributed by atoms with Crippen LogP contribution in [0.4, 0.5) is 10.9 Å². The van der Waals surface area contributed by atoms with E-state index in [1.165, 1.54) is 11.3 Å². The van der Waals surface area contributed by atoms with Crippen LogP contribution in [-0.4, -0.2) is 43.5 Å². The number of thiazole rings is 1. The van der Waals surface area contributed by atoms with Gasteiger partial charge in [-0.2, -0.15) is 0 Å². The summed E-state index contributed by atoms with van der Waals surface area (Å²) < 4.78 is 0. The molecular formula is C11H20N4OS. The minimum Gasteiger partial charge on any atom is -0.382 e. The molecule has 0 bridgehead atoms. The second-order valence-corrected chi connectivity index (χ2v) is 5.66. The van der Waals surface area contributed by atoms with Crippen molar-refractivity contribution in [3.63, 3.8) is 0 Å². The number of nitrogen functional groups attached to an aromatic ring is 1. The van der Waals surface area contributed by atoms with Crippen LogP contribution < -0.4 is 10.6 Å². The fourth-order valence-corrected chi connectivity index (χ4v) is 2.37. The van der Waals surface area contributed by atoms with Crippen molar-refractivity contribution < 1.29 is 4.79 Å². The predicted molar refractivity (Wildman–Crippen MR) is 72.7 cm³/mol. The molecule has 1 rings (SSSR count). The highest BCUT2D eigenvalue weighted by Gasteiger charge is 2.20. The molecule has 0 atom stereocenters. The monoisotopic (exact) mass is 256 g/mol. The molecular weight excluding hydrogens is 236 g/mol. The van der Waals surface area contributed by atoms with Gasteiger partial charge < -0.3 is 15.5 Å². The number of amides is 1. The van der Waals surface area contributed by atoms with Gasteiger partial charge in [0.05, 0.1) is 0 Å². The van der Waals surface area contributed by atoms with Gasteiger partial charge in [-0.15, -0.1) is 0 Å². The van der Waals surface area contributed by atoms with Gasteiger partial charge >= 0.3 is 0 Å². The lowest BCUT2D eigenvalue weighted by atomic mass is 10.2. The molecule has 6 heteroatoms. The Balaban J connectivity index is 2.88. The fourth-order valence-electron chi connectivity index (χ4n) is 1.47. The Morgan fingerprint density at radius 2 is 2.00 bits per heavy atom. The van der Waals surface area contributed by atoms with E-state index in [0.29, 0.717) is 23.2 Å². The Hall–Kier alpha value is -1.30. The molecule has 2 N–H and O–H groups in total. The zero-order valence-corrected chi connectivity index (χ0v) is 11.8. The summed E-state index contributed by atoms with van der Waals surface area (Å²) in [5.41, 5.74) is 5.77. The molecule has 0 aromatic carbocycles. The highest BCUT2D eigenvalue weighted by atomic mass is 32.1. The quantitative estimate of drug-likeness (QED) is 0.887. The fraction of sp³-hybridized carbons (Fsp3) is 0.636. The van der Waals surface area contributed by atoms with Gasteiger partial charge in [0.25, 0.3) is 5.91 Å². The molecule has 0 aliphatic heterocycles. The molecule has 96 valence electrons. The molecule has 1 aromatic heterocycles. The summed E-state index contributed by atoms with van der Waals surface area (Å²) in [5.74, 6) is 0.701. The van der Waals surface area contributed by atoms with E-state index in [-0.39, 0.29) is 5.91 Å². The van der Waals surface area contributed by atoms with Crippen molar-refractivity contribution >= 4 is 28.2 Å². The van der Waals surface area contributed by atoms with Gasteiger partial charge in [-0.1, -0.05) is 25.2 Å². The molecule has 0 aliphatic carbocycles. The van der Waals surface area contributed by atoms with Crippen LogP contribution in [0.25, 0.3) is 0 Å². The van der Waals surface area contributed by atoms with Crippen LogP contribution >= 0.6 is 11.3 Å². The summed E-state index contributed by atoms with van der Waals surface area (Å²) in [6.07, 6.45) is 0. The molecule has 1 aromatic rings. The third kappa shape index (κ3) is 3.33. The summed E-state index contributed by atoms with van der Waals surface area (Å²) in [6.45, 7) is 4.86. The maximum Gasteiger partial charge on any atom is 0.267 e. The smallest absolute Gasteiger partial charge is 0.267 e. The summed E-state index contributed by atoms with van der Waals surface area (Å²) in [6, 6.07) is 0. The number of aromatic nitrogens is 1. The van der Waals surface area contributed by atoms with Gasteiger partial charge in [-0.25, -0.2) is 4.98 Å². The van der Waals surface area contributed by atoms with Crippen LogP contribution in [0.5, 0.6) is 0 Å². The van der Waals surface area contributed by atoms with Gasteiger partial charge in [0.2, 0.25) is 0 Å². The molecule has 0 saturated heterocycles. The average Bonchev–Trinajstić information content (AvgIpc) is 2.58. The molecule has 0 unspecified atom stereocenters. The lowest BCUT2D eigenvalue weighted by Gasteiger charge is -2.18. The Bertz CT molecular complexity index is 400. The first-order chi connectivity index (χ1) is 7.82. The average molecular weight is 256 g/mol. The standard InChI is InChI=1S/C11H20N4OS/c1-7(2)6-15(5)10(16)8-9(12)13-11(17-8)14(3)4/h7H,6,12H2,1-5H3. The van der Waals surface area contributed by atoms with Crippen LogP contribution in [0.15, 0.2) is 0 Å². The van der Waals surface area contributed by atoms with E-state index in [1.54, 1.807) is 11.9 Å². The largest absolute Gasteiger partial charge is 0.382 e. The number of hydrogen-bond donors (Lipinski definition) is 1. The minimum absolute atomic E-state index is 0.0539. The number of rotatable bonds is 4. The van der Waals surface area contributed by atoms with E-state index < -0.39 is 0 Å². The van der Waals surface area contributed by atoms with Gasteiger partial charge in [-0.05, 0) is 5.92 Å². The molecule has 1 heterocycles. The van der Waals surface area contributed by atoms with Crippen molar-refractivity contribution in [2.45, 2.75) is 13.8 Å². The van der Waals surface area contributed by atoms with Crippen molar-refractivity contribution in [1.82, 2.24) is 9.88 Å². The van der Waals surface area contributed by atoms with E-state index >= 15 is 0 Å². The molecule has 1 amide bonds. The van der Waals surface area contributed by atoms with Gasteiger partial charge in [0.1, 0.15) is 10.7 Å². The SMILES string of the molecule is CC(C)CN(C)C(=O)c1sc(N(C)C)nc1N. The van der Waals surface area contributed by atoms with E-state index in [0.717, 1.165) is 5.13 Å². The first kappa shape index (κ1) is 13.8. The topological polar surface area (TPSA) is 62.5 Å². The minimum atomic E-state index is -0.0539. The molecule has 0 spiro atoms.